The van der Waals surface area contributed by atoms with Crippen LogP contribution in [0, 0.1) is 0 Å². The zero-order valence-corrected chi connectivity index (χ0v) is 28.5. The molecule has 5 aromatic rings. The highest BCUT2D eigenvalue weighted by atomic mass is 79.9. The van der Waals surface area contributed by atoms with Crippen molar-refractivity contribution in [3.63, 3.8) is 0 Å². The van der Waals surface area contributed by atoms with Gasteiger partial charge in [0.1, 0.15) is 6.61 Å². The second kappa shape index (κ2) is 13.6. The van der Waals surface area contributed by atoms with E-state index in [1.54, 1.807) is 12.1 Å². The fourth-order valence-electron chi connectivity index (χ4n) is 5.51. The maximum absolute atomic E-state index is 14.5. The first-order valence-corrected chi connectivity index (χ1v) is 16.5. The lowest BCUT2D eigenvalue weighted by Crippen LogP contribution is -2.41. The smallest absolute Gasteiger partial charge is 0.434 e. The van der Waals surface area contributed by atoms with Gasteiger partial charge < -0.3 is 14.2 Å². The topological polar surface area (TPSA) is 79.1 Å². The van der Waals surface area contributed by atoms with Gasteiger partial charge in [0.25, 0.3) is 5.56 Å². The number of hydrogen-bond donors (Lipinski definition) is 0. The highest BCUT2D eigenvalue weighted by Crippen LogP contribution is 2.39. The number of nitrogens with zero attached hydrogens (tertiary/aromatic N) is 2. The molecular formula is C35H25BrClF3N2O5S. The van der Waals surface area contributed by atoms with Gasteiger partial charge in [0, 0.05) is 15.1 Å². The highest BCUT2D eigenvalue weighted by molar-refractivity contribution is 9.10. The normalized spacial score (nSPS) is 14.9. The summed E-state index contributed by atoms with van der Waals surface area (Å²) >= 11 is 10.3. The van der Waals surface area contributed by atoms with Gasteiger partial charge in [0.05, 0.1) is 29.9 Å². The first-order chi connectivity index (χ1) is 23.0. The molecule has 1 aliphatic rings. The Morgan fingerprint density at radius 1 is 1.08 bits per heavy atom. The lowest BCUT2D eigenvalue weighted by Gasteiger charge is -2.26. The summed E-state index contributed by atoms with van der Waals surface area (Å²) in [7, 11) is 1.48. The minimum absolute atomic E-state index is 0.0505. The van der Waals surface area contributed by atoms with Crippen LogP contribution < -0.4 is 24.4 Å². The fraction of sp³-hybridized carbons (Fsp3) is 0.171. The van der Waals surface area contributed by atoms with E-state index in [0.29, 0.717) is 26.6 Å². The summed E-state index contributed by atoms with van der Waals surface area (Å²) in [5, 5.41) is 2.37. The van der Waals surface area contributed by atoms with Crippen molar-refractivity contribution in [2.45, 2.75) is 25.7 Å². The standard InChI is InChI=1S/C35H25BrClF3N2O5S/c1-3-46-33(44)28-29(20-11-13-24(37)14-12-20)42-32(43)27(48-34(42)41-31(28)35(38,39)40)16-22-15-23(36)17-26(45-2)30(22)47-18-21-9-6-8-19-7-4-5-10-25(19)21/h4-17,29H,3,18H2,1-2H3/b27-16-/t29-/m1/s1. The Kier molecular flexibility index (Phi) is 9.50. The van der Waals surface area contributed by atoms with Crippen molar-refractivity contribution < 1.29 is 32.2 Å². The molecule has 4 aromatic carbocycles. The zero-order valence-electron chi connectivity index (χ0n) is 25.3. The number of thiazole rings is 1. The summed E-state index contributed by atoms with van der Waals surface area (Å²) in [6, 6.07) is 21.5. The highest BCUT2D eigenvalue weighted by Gasteiger charge is 2.45. The van der Waals surface area contributed by atoms with E-state index in [2.05, 4.69) is 20.9 Å². The van der Waals surface area contributed by atoms with Crippen LogP contribution in [0.25, 0.3) is 16.8 Å². The van der Waals surface area contributed by atoms with Crippen LogP contribution in [0.3, 0.4) is 0 Å². The largest absolute Gasteiger partial charge is 0.493 e. The second-order valence-electron chi connectivity index (χ2n) is 10.6. The average molecular weight is 758 g/mol. The van der Waals surface area contributed by atoms with Gasteiger partial charge in [-0.05, 0) is 59.2 Å². The van der Waals surface area contributed by atoms with E-state index < -0.39 is 35.0 Å². The average Bonchev–Trinajstić information content (AvgIpc) is 3.37. The third-order valence-electron chi connectivity index (χ3n) is 7.59. The number of allylic oxidation sites excluding steroid dienone is 1. The van der Waals surface area contributed by atoms with E-state index in [9.17, 15) is 22.8 Å². The molecule has 1 aliphatic heterocycles. The van der Waals surface area contributed by atoms with Gasteiger partial charge in [-0.2, -0.15) is 13.2 Å². The molecule has 1 aromatic heterocycles. The number of alkyl halides is 3. The number of hydrogen-bond acceptors (Lipinski definition) is 7. The number of rotatable bonds is 8. The molecule has 0 unspecified atom stereocenters. The SMILES string of the molecule is CCOC(=O)C1=C(C(F)(F)F)N=c2s/c(=C\c3cc(Br)cc(OC)c3OCc3cccc4ccccc34)c(=O)n2[C@@H]1c1ccc(Cl)cc1. The number of carbonyl (C=O) groups excluding carboxylic acids is 1. The zero-order chi connectivity index (χ0) is 34.2. The lowest BCUT2D eigenvalue weighted by atomic mass is 9.95. The maximum atomic E-state index is 14.5. The molecule has 48 heavy (non-hydrogen) atoms. The van der Waals surface area contributed by atoms with E-state index in [1.807, 2.05) is 42.5 Å². The number of fused-ring (bicyclic) bond motifs is 2. The Labute approximate surface area is 289 Å². The number of carbonyl (C=O) groups is 1. The van der Waals surface area contributed by atoms with Crippen LogP contribution in [-0.2, 0) is 16.1 Å². The van der Waals surface area contributed by atoms with Crippen molar-refractivity contribution in [3.8, 4) is 11.5 Å². The van der Waals surface area contributed by atoms with Crippen LogP contribution in [0.5, 0.6) is 11.5 Å². The predicted octanol–water partition coefficient (Wildman–Crippen LogP) is 7.50. The van der Waals surface area contributed by atoms with E-state index in [-0.39, 0.29) is 28.1 Å². The summed E-state index contributed by atoms with van der Waals surface area (Å²) in [5.41, 5.74) is -1.34. The Hall–Kier alpha value is -4.39. The molecule has 0 aliphatic carbocycles. The van der Waals surface area contributed by atoms with E-state index in [1.165, 1.54) is 44.4 Å². The lowest BCUT2D eigenvalue weighted by molar-refractivity contribution is -0.140. The third-order valence-corrected chi connectivity index (χ3v) is 9.28. The Morgan fingerprint density at radius 2 is 1.81 bits per heavy atom. The summed E-state index contributed by atoms with van der Waals surface area (Å²) in [6.45, 7) is 1.46. The monoisotopic (exact) mass is 756 g/mol. The van der Waals surface area contributed by atoms with Crippen LogP contribution in [0.2, 0.25) is 5.02 Å². The molecule has 7 nitrogen and oxygen atoms in total. The van der Waals surface area contributed by atoms with Gasteiger partial charge in [0.2, 0.25) is 0 Å². The molecule has 0 spiro atoms. The van der Waals surface area contributed by atoms with E-state index in [4.69, 9.17) is 25.8 Å². The Morgan fingerprint density at radius 3 is 2.52 bits per heavy atom. The van der Waals surface area contributed by atoms with Gasteiger partial charge in [-0.25, -0.2) is 9.79 Å². The van der Waals surface area contributed by atoms with Crippen molar-refractivity contribution in [3.05, 3.63) is 136 Å². The number of benzene rings is 4. The van der Waals surface area contributed by atoms with Crippen LogP contribution in [-0.4, -0.2) is 30.4 Å². The number of esters is 1. The van der Waals surface area contributed by atoms with Gasteiger partial charge >= 0.3 is 12.1 Å². The summed E-state index contributed by atoms with van der Waals surface area (Å²) in [6.07, 6.45) is -3.52. The summed E-state index contributed by atoms with van der Waals surface area (Å²) in [5.74, 6) is -0.549. The minimum Gasteiger partial charge on any atom is -0.493 e. The molecule has 0 amide bonds. The maximum Gasteiger partial charge on any atom is 0.434 e. The van der Waals surface area contributed by atoms with Crippen LogP contribution in [0.15, 0.2) is 104 Å². The van der Waals surface area contributed by atoms with Gasteiger partial charge in [-0.3, -0.25) is 9.36 Å². The molecule has 6 rings (SSSR count). The van der Waals surface area contributed by atoms with Crippen LogP contribution >= 0.6 is 38.9 Å². The van der Waals surface area contributed by atoms with Crippen molar-refractivity contribution in [1.82, 2.24) is 4.57 Å². The quantitative estimate of drug-likeness (QED) is 0.153. The molecule has 246 valence electrons. The van der Waals surface area contributed by atoms with Crippen LogP contribution in [0.4, 0.5) is 13.2 Å². The molecular weight excluding hydrogens is 733 g/mol. The Balaban J connectivity index is 1.53. The van der Waals surface area contributed by atoms with E-state index in [0.717, 1.165) is 32.2 Å². The minimum atomic E-state index is -5.03. The summed E-state index contributed by atoms with van der Waals surface area (Å²) in [4.78, 5) is 30.8. The van der Waals surface area contributed by atoms with Gasteiger partial charge in [-0.1, -0.05) is 93.5 Å². The third kappa shape index (κ3) is 6.52. The molecule has 0 bridgehead atoms. The van der Waals surface area contributed by atoms with Crippen molar-refractivity contribution in [2.75, 3.05) is 13.7 Å². The number of aromatic nitrogens is 1. The summed E-state index contributed by atoms with van der Waals surface area (Å²) < 4.78 is 62.2. The molecule has 0 saturated carbocycles. The second-order valence-corrected chi connectivity index (χ2v) is 12.9. The molecule has 13 heteroatoms. The first-order valence-electron chi connectivity index (χ1n) is 14.5. The number of halogens is 5. The van der Waals surface area contributed by atoms with E-state index >= 15 is 0 Å². The van der Waals surface area contributed by atoms with Crippen LogP contribution in [0.1, 0.15) is 29.7 Å². The molecule has 2 heterocycles. The molecule has 0 N–H and O–H groups in total. The van der Waals surface area contributed by atoms with Crippen molar-refractivity contribution in [2.24, 2.45) is 4.99 Å². The molecule has 0 fully saturated rings. The molecule has 0 saturated heterocycles. The first kappa shape index (κ1) is 33.5. The molecule has 1 atom stereocenters. The predicted molar refractivity (Wildman–Crippen MR) is 181 cm³/mol. The van der Waals surface area contributed by atoms with Gasteiger partial charge in [0.15, 0.2) is 22.0 Å². The number of methoxy groups -OCH3 is 1. The number of ether oxygens (including phenoxy) is 3. The van der Waals surface area contributed by atoms with Crippen molar-refractivity contribution >= 4 is 61.7 Å². The fourth-order valence-corrected chi connectivity index (χ4v) is 7.08. The van der Waals surface area contributed by atoms with Gasteiger partial charge in [-0.15, -0.1) is 0 Å². The van der Waals surface area contributed by atoms with Crippen molar-refractivity contribution in [1.29, 1.82) is 0 Å². The Bertz CT molecular complexity index is 2260. The molecule has 0 radical (unpaired) electrons.